The van der Waals surface area contributed by atoms with Crippen molar-refractivity contribution < 1.29 is 9.90 Å². The van der Waals surface area contributed by atoms with Crippen molar-refractivity contribution in [1.29, 1.82) is 0 Å². The van der Waals surface area contributed by atoms with Gasteiger partial charge in [-0.1, -0.05) is 0 Å². The minimum Gasteiger partial charge on any atom is -0.480 e. The second-order valence-electron chi connectivity index (χ2n) is 2.24. The van der Waals surface area contributed by atoms with Gasteiger partial charge in [0.2, 0.25) is 0 Å². The van der Waals surface area contributed by atoms with Crippen molar-refractivity contribution in [3.63, 3.8) is 0 Å². The molecule has 0 rings (SSSR count). The Morgan fingerprint density at radius 1 is 1.45 bits per heavy atom. The number of carboxylic acid groups (broad SMARTS) is 1. The van der Waals surface area contributed by atoms with E-state index in [2.05, 4.69) is 0 Å². The first kappa shape index (κ1) is 11.3. The van der Waals surface area contributed by atoms with E-state index in [0.29, 0.717) is 0 Å². The molecule has 3 unspecified atom stereocenters. The molecule has 2 nitrogen and oxygen atoms in total. The Kier molecular flexibility index (Phi) is 5.23. The zero-order valence-electron chi connectivity index (χ0n) is 5.93. The van der Waals surface area contributed by atoms with Crippen molar-refractivity contribution >= 4 is 40.8 Å². The standard InChI is InChI=1S/C6H9Cl3O2/c1-3(7)4(8)2-5(9)6(10)11/h3-5H,2H2,1H3,(H,10,11). The molecule has 0 heterocycles. The largest absolute Gasteiger partial charge is 0.480 e. The summed E-state index contributed by atoms with van der Waals surface area (Å²) in [5.74, 6) is -1.06. The van der Waals surface area contributed by atoms with E-state index in [4.69, 9.17) is 39.9 Å². The molecule has 11 heavy (non-hydrogen) atoms. The molecule has 0 fully saturated rings. The summed E-state index contributed by atoms with van der Waals surface area (Å²) in [5.41, 5.74) is 0. The second kappa shape index (κ2) is 5.07. The number of carboxylic acids is 1. The lowest BCUT2D eigenvalue weighted by molar-refractivity contribution is -0.136. The average molecular weight is 219 g/mol. The number of aliphatic carboxylic acids is 1. The van der Waals surface area contributed by atoms with Crippen LogP contribution in [0.5, 0.6) is 0 Å². The third-order valence-corrected chi connectivity index (χ3v) is 2.55. The maximum Gasteiger partial charge on any atom is 0.321 e. The van der Waals surface area contributed by atoms with Crippen LogP contribution in [0.25, 0.3) is 0 Å². The lowest BCUT2D eigenvalue weighted by Gasteiger charge is -2.12. The van der Waals surface area contributed by atoms with E-state index in [1.807, 2.05) is 0 Å². The number of alkyl halides is 3. The van der Waals surface area contributed by atoms with Gasteiger partial charge in [0.1, 0.15) is 5.38 Å². The Bertz CT molecular complexity index is 138. The van der Waals surface area contributed by atoms with Gasteiger partial charge in [-0.25, -0.2) is 0 Å². The molecular weight excluding hydrogens is 210 g/mol. The molecule has 0 aliphatic carbocycles. The van der Waals surface area contributed by atoms with Crippen LogP contribution in [0.15, 0.2) is 0 Å². The highest BCUT2D eigenvalue weighted by Crippen LogP contribution is 2.17. The van der Waals surface area contributed by atoms with E-state index in [0.717, 1.165) is 0 Å². The van der Waals surface area contributed by atoms with Crippen LogP contribution in [0, 0.1) is 0 Å². The average Bonchev–Trinajstić information content (AvgIpc) is 1.87. The zero-order valence-corrected chi connectivity index (χ0v) is 8.20. The molecule has 0 aromatic heterocycles. The van der Waals surface area contributed by atoms with Crippen LogP contribution in [-0.4, -0.2) is 27.2 Å². The van der Waals surface area contributed by atoms with Crippen molar-refractivity contribution in [3.05, 3.63) is 0 Å². The molecule has 0 amide bonds. The van der Waals surface area contributed by atoms with Gasteiger partial charge in [-0.3, -0.25) is 4.79 Å². The van der Waals surface area contributed by atoms with Crippen LogP contribution < -0.4 is 0 Å². The van der Waals surface area contributed by atoms with Crippen LogP contribution in [0.1, 0.15) is 13.3 Å². The summed E-state index contributed by atoms with van der Waals surface area (Å²) in [6.07, 6.45) is 0.184. The third kappa shape index (κ3) is 4.72. The van der Waals surface area contributed by atoms with Crippen molar-refractivity contribution in [1.82, 2.24) is 0 Å². The fraction of sp³-hybridized carbons (Fsp3) is 0.833. The zero-order chi connectivity index (χ0) is 9.02. The minimum absolute atomic E-state index is 0.184. The molecule has 0 saturated heterocycles. The maximum absolute atomic E-state index is 10.2. The molecule has 0 aromatic carbocycles. The highest BCUT2D eigenvalue weighted by Gasteiger charge is 2.21. The summed E-state index contributed by atoms with van der Waals surface area (Å²) in [6, 6.07) is 0. The van der Waals surface area contributed by atoms with Crippen molar-refractivity contribution in [2.24, 2.45) is 0 Å². The van der Waals surface area contributed by atoms with E-state index in [9.17, 15) is 4.79 Å². The first-order chi connectivity index (χ1) is 4.95. The summed E-state index contributed by atoms with van der Waals surface area (Å²) >= 11 is 16.7. The molecule has 0 aromatic rings. The van der Waals surface area contributed by atoms with Crippen LogP contribution >= 0.6 is 34.8 Å². The van der Waals surface area contributed by atoms with Crippen LogP contribution in [0.4, 0.5) is 0 Å². The molecule has 0 spiro atoms. The van der Waals surface area contributed by atoms with Gasteiger partial charge in [-0.05, 0) is 13.3 Å². The van der Waals surface area contributed by atoms with Gasteiger partial charge >= 0.3 is 5.97 Å². The monoisotopic (exact) mass is 218 g/mol. The van der Waals surface area contributed by atoms with Crippen molar-refractivity contribution in [2.75, 3.05) is 0 Å². The molecule has 0 saturated carbocycles. The van der Waals surface area contributed by atoms with E-state index in [-0.39, 0.29) is 11.8 Å². The summed E-state index contributed by atoms with van der Waals surface area (Å²) in [5, 5.41) is 6.77. The molecule has 3 atom stereocenters. The molecule has 0 aliphatic heterocycles. The van der Waals surface area contributed by atoms with Gasteiger partial charge in [0.25, 0.3) is 0 Å². The first-order valence-corrected chi connectivity index (χ1v) is 4.41. The summed E-state index contributed by atoms with van der Waals surface area (Å²) in [4.78, 5) is 10.2. The smallest absolute Gasteiger partial charge is 0.321 e. The summed E-state index contributed by atoms with van der Waals surface area (Å²) in [6.45, 7) is 1.70. The van der Waals surface area contributed by atoms with Gasteiger partial charge in [-0.2, -0.15) is 0 Å². The SMILES string of the molecule is CC(Cl)C(Cl)CC(Cl)C(=O)O. The Hall–Kier alpha value is 0.340. The number of halogens is 3. The van der Waals surface area contributed by atoms with Gasteiger partial charge < -0.3 is 5.11 Å². The molecule has 0 bridgehead atoms. The number of rotatable bonds is 4. The molecule has 5 heteroatoms. The van der Waals surface area contributed by atoms with Gasteiger partial charge in [0.05, 0.1) is 5.38 Å². The topological polar surface area (TPSA) is 37.3 Å². The lowest BCUT2D eigenvalue weighted by Crippen LogP contribution is -2.22. The van der Waals surface area contributed by atoms with Gasteiger partial charge in [0, 0.05) is 5.38 Å². The highest BCUT2D eigenvalue weighted by atomic mass is 35.5. The van der Waals surface area contributed by atoms with E-state index >= 15 is 0 Å². The Morgan fingerprint density at radius 3 is 2.18 bits per heavy atom. The normalized spacial score (nSPS) is 18.9. The predicted molar refractivity (Wildman–Crippen MR) is 46.8 cm³/mol. The van der Waals surface area contributed by atoms with Crippen LogP contribution in [0.3, 0.4) is 0 Å². The Labute approximate surface area is 80.4 Å². The highest BCUT2D eigenvalue weighted by molar-refractivity contribution is 6.32. The van der Waals surface area contributed by atoms with Crippen molar-refractivity contribution in [2.45, 2.75) is 29.5 Å². The molecule has 0 aliphatic rings. The number of carbonyl (C=O) groups is 1. The van der Waals surface area contributed by atoms with E-state index in [1.54, 1.807) is 6.92 Å². The first-order valence-electron chi connectivity index (χ1n) is 3.10. The van der Waals surface area contributed by atoms with Gasteiger partial charge in [0.15, 0.2) is 0 Å². The summed E-state index contributed by atoms with van der Waals surface area (Å²) < 4.78 is 0. The predicted octanol–water partition coefficient (Wildman–Crippen LogP) is 2.30. The fourth-order valence-corrected chi connectivity index (χ4v) is 1.05. The third-order valence-electron chi connectivity index (χ3n) is 1.20. The molecule has 0 radical (unpaired) electrons. The second-order valence-corrected chi connectivity index (χ2v) is 4.01. The Morgan fingerprint density at radius 2 is 1.91 bits per heavy atom. The van der Waals surface area contributed by atoms with Crippen molar-refractivity contribution in [3.8, 4) is 0 Å². The summed E-state index contributed by atoms with van der Waals surface area (Å²) in [7, 11) is 0. The molecular formula is C6H9Cl3O2. The van der Waals surface area contributed by atoms with Gasteiger partial charge in [-0.15, -0.1) is 34.8 Å². The molecule has 66 valence electrons. The Balaban J connectivity index is 3.75. The maximum atomic E-state index is 10.2. The molecule has 1 N–H and O–H groups in total. The number of hydrogen-bond donors (Lipinski definition) is 1. The van der Waals surface area contributed by atoms with E-state index in [1.165, 1.54) is 0 Å². The quantitative estimate of drug-likeness (QED) is 0.737. The van der Waals surface area contributed by atoms with Crippen LogP contribution in [0.2, 0.25) is 0 Å². The minimum atomic E-state index is -1.06. The number of hydrogen-bond acceptors (Lipinski definition) is 1. The van der Waals surface area contributed by atoms with Crippen LogP contribution in [-0.2, 0) is 4.79 Å². The fourth-order valence-electron chi connectivity index (χ4n) is 0.486. The van der Waals surface area contributed by atoms with E-state index < -0.39 is 16.7 Å². The lowest BCUT2D eigenvalue weighted by atomic mass is 10.2.